The van der Waals surface area contributed by atoms with Crippen molar-refractivity contribution in [3.63, 3.8) is 0 Å². The highest BCUT2D eigenvalue weighted by atomic mass is 16.4. The highest BCUT2D eigenvalue weighted by molar-refractivity contribution is 5.97. The number of hydrogen-bond acceptors (Lipinski definition) is 12. The summed E-state index contributed by atoms with van der Waals surface area (Å²) in [6, 6.07) is 5.53. The second-order valence-electron chi connectivity index (χ2n) is 16.8. The summed E-state index contributed by atoms with van der Waals surface area (Å²) >= 11 is 0. The Kier molecular flexibility index (Phi) is 23.6. The second kappa shape index (κ2) is 28.2. The molecule has 0 aliphatic heterocycles. The minimum atomic E-state index is -1.71. The molecule has 0 saturated heterocycles. The average molecular weight is 941 g/mol. The topological polar surface area (TPSA) is 362 Å². The van der Waals surface area contributed by atoms with Gasteiger partial charge in [-0.1, -0.05) is 88.4 Å². The van der Waals surface area contributed by atoms with E-state index in [9.17, 15) is 63.3 Å². The summed E-state index contributed by atoms with van der Waals surface area (Å²) < 4.78 is 0. The van der Waals surface area contributed by atoms with E-state index in [1.807, 2.05) is 0 Å². The van der Waals surface area contributed by atoms with Crippen LogP contribution in [0.15, 0.2) is 60.7 Å². The Labute approximate surface area is 388 Å². The van der Waals surface area contributed by atoms with Gasteiger partial charge in [0.15, 0.2) is 0 Å². The van der Waals surface area contributed by atoms with E-state index >= 15 is 0 Å². The van der Waals surface area contributed by atoms with Gasteiger partial charge in [0.05, 0.1) is 12.6 Å². The number of amides is 7. The summed E-state index contributed by atoms with van der Waals surface area (Å²) in [6.45, 7) is 7.04. The molecule has 0 aromatic heterocycles. The van der Waals surface area contributed by atoms with Gasteiger partial charge in [-0.25, -0.2) is 4.79 Å². The van der Waals surface area contributed by atoms with E-state index in [0.717, 1.165) is 0 Å². The van der Waals surface area contributed by atoms with Gasteiger partial charge in [-0.05, 0) is 49.1 Å². The first-order valence-electron chi connectivity index (χ1n) is 21.8. The van der Waals surface area contributed by atoms with Gasteiger partial charge in [-0.3, -0.25) is 43.2 Å². The van der Waals surface area contributed by atoms with Crippen molar-refractivity contribution in [1.29, 1.82) is 0 Å². The van der Waals surface area contributed by atoms with Crippen LogP contribution in [-0.2, 0) is 60.8 Å². The predicted molar refractivity (Wildman–Crippen MR) is 240 cm³/mol. The molecule has 22 heteroatoms. The number of aliphatic hydroxyl groups excluding tert-OH is 1. The van der Waals surface area contributed by atoms with E-state index in [1.165, 1.54) is 6.92 Å². The number of aliphatic carboxylic acids is 3. The molecule has 0 bridgehead atoms. The van der Waals surface area contributed by atoms with Crippen molar-refractivity contribution in [2.75, 3.05) is 6.61 Å². The fourth-order valence-electron chi connectivity index (χ4n) is 6.50. The Balaban J connectivity index is 2.25. The van der Waals surface area contributed by atoms with Crippen molar-refractivity contribution in [3.8, 4) is 0 Å². The lowest BCUT2D eigenvalue weighted by molar-refractivity contribution is -0.143. The number of aliphatic hydroxyl groups is 1. The Bertz CT molecular complexity index is 2020. The molecule has 67 heavy (non-hydrogen) atoms. The molecule has 0 aliphatic rings. The molecular formula is C45H64N8O14. The second-order valence-corrected chi connectivity index (χ2v) is 16.8. The first kappa shape index (κ1) is 56.2. The Morgan fingerprint density at radius 3 is 1.42 bits per heavy atom. The minimum absolute atomic E-state index is 0.0718. The SMILES string of the molecule is CC(C)C[C@H](NC(=O)[C@@H](NC(=O)[C@@H](N)CCC(=O)O)C(C)C)C(=O)N[C@@H](Cc1ccccc1)C(=O)N[C@H](CO)C(=O)N[C@@H](C)C(=O)N[C@@H](CCC(=O)O)C(=O)N[C@@H](Cc1ccccc1)C(=O)O. The highest BCUT2D eigenvalue weighted by Gasteiger charge is 2.35. The molecule has 2 aromatic rings. The van der Waals surface area contributed by atoms with Crippen LogP contribution >= 0.6 is 0 Å². The summed E-state index contributed by atoms with van der Waals surface area (Å²) in [5.74, 6) is -10.9. The van der Waals surface area contributed by atoms with E-state index in [4.69, 9.17) is 10.8 Å². The molecule has 8 atom stereocenters. The molecule has 13 N–H and O–H groups in total. The number of carboxylic acids is 3. The van der Waals surface area contributed by atoms with E-state index in [1.54, 1.807) is 88.4 Å². The molecule has 0 unspecified atom stereocenters. The van der Waals surface area contributed by atoms with Gasteiger partial charge < -0.3 is 63.4 Å². The molecule has 2 aromatic carbocycles. The number of nitrogens with one attached hydrogen (secondary N) is 7. The third-order valence-corrected chi connectivity index (χ3v) is 10.3. The lowest BCUT2D eigenvalue weighted by atomic mass is 9.98. The molecule has 7 amide bonds. The van der Waals surface area contributed by atoms with Crippen LogP contribution in [0, 0.1) is 11.8 Å². The van der Waals surface area contributed by atoms with Gasteiger partial charge in [0, 0.05) is 25.7 Å². The van der Waals surface area contributed by atoms with Crippen molar-refractivity contribution in [3.05, 3.63) is 71.8 Å². The standard InChI is InChI=1S/C45H64N8O14/c1-24(2)20-31(50-44(65)37(25(3)4)53-39(60)29(46)16-18-35(55)56)41(62)49-32(21-27-12-8-6-9-13-27)42(63)52-34(23-54)43(64)47-26(5)38(59)48-30(17-19-36(57)58)40(61)51-33(45(66)67)22-28-14-10-7-11-15-28/h6-15,24-26,29-34,37,54H,16-23,46H2,1-5H3,(H,47,64)(H,48,59)(H,49,62)(H,50,65)(H,51,61)(H,52,63)(H,53,60)(H,55,56)(H,57,58)(H,66,67)/t26-,29-,30-,31-,32-,33-,34+,37-/m0/s1. The lowest BCUT2D eigenvalue weighted by Gasteiger charge is -2.28. The monoisotopic (exact) mass is 940 g/mol. The summed E-state index contributed by atoms with van der Waals surface area (Å²) in [7, 11) is 0. The van der Waals surface area contributed by atoms with Crippen molar-refractivity contribution >= 4 is 59.3 Å². The van der Waals surface area contributed by atoms with Crippen LogP contribution in [0.1, 0.15) is 77.8 Å². The van der Waals surface area contributed by atoms with Crippen LogP contribution in [0.25, 0.3) is 0 Å². The molecular weight excluding hydrogens is 877 g/mol. The van der Waals surface area contributed by atoms with E-state index in [-0.39, 0.29) is 38.0 Å². The number of carboxylic acid groups (broad SMARTS) is 3. The first-order valence-corrected chi connectivity index (χ1v) is 21.8. The molecule has 0 fully saturated rings. The molecule has 368 valence electrons. The van der Waals surface area contributed by atoms with Gasteiger partial charge in [-0.15, -0.1) is 0 Å². The average Bonchev–Trinajstić information content (AvgIpc) is 3.26. The largest absolute Gasteiger partial charge is 0.481 e. The van der Waals surface area contributed by atoms with Gasteiger partial charge >= 0.3 is 17.9 Å². The Hall–Kier alpha value is -6.94. The number of rotatable bonds is 29. The van der Waals surface area contributed by atoms with Crippen LogP contribution in [0.5, 0.6) is 0 Å². The Morgan fingerprint density at radius 2 is 0.925 bits per heavy atom. The zero-order chi connectivity index (χ0) is 50.4. The van der Waals surface area contributed by atoms with Crippen LogP contribution in [0.2, 0.25) is 0 Å². The summed E-state index contributed by atoms with van der Waals surface area (Å²) in [5.41, 5.74) is 7.00. The zero-order valence-corrected chi connectivity index (χ0v) is 38.2. The van der Waals surface area contributed by atoms with Crippen molar-refractivity contribution < 1.29 is 68.4 Å². The quantitative estimate of drug-likeness (QED) is 0.0452. The van der Waals surface area contributed by atoms with Crippen molar-refractivity contribution in [1.82, 2.24) is 37.2 Å². The van der Waals surface area contributed by atoms with Crippen LogP contribution in [0.3, 0.4) is 0 Å². The molecule has 0 heterocycles. The van der Waals surface area contributed by atoms with Gasteiger partial charge in [0.2, 0.25) is 41.4 Å². The van der Waals surface area contributed by atoms with Gasteiger partial charge in [0.25, 0.3) is 0 Å². The number of carbonyl (C=O) groups excluding carboxylic acids is 7. The molecule has 0 aliphatic carbocycles. The maximum Gasteiger partial charge on any atom is 0.326 e. The fourth-order valence-corrected chi connectivity index (χ4v) is 6.50. The van der Waals surface area contributed by atoms with Crippen LogP contribution in [0.4, 0.5) is 0 Å². The predicted octanol–water partition coefficient (Wildman–Crippen LogP) is -1.28. The number of hydrogen-bond donors (Lipinski definition) is 12. The van der Waals surface area contributed by atoms with E-state index in [2.05, 4.69) is 37.2 Å². The summed E-state index contributed by atoms with van der Waals surface area (Å²) in [4.78, 5) is 129. The lowest BCUT2D eigenvalue weighted by Crippen LogP contribution is -2.61. The maximum absolute atomic E-state index is 14.0. The number of benzene rings is 2. The number of nitrogens with two attached hydrogens (primary N) is 1. The number of carbonyl (C=O) groups is 10. The van der Waals surface area contributed by atoms with Gasteiger partial charge in [-0.2, -0.15) is 0 Å². The molecule has 0 radical (unpaired) electrons. The van der Waals surface area contributed by atoms with Crippen LogP contribution < -0.4 is 43.0 Å². The first-order chi connectivity index (χ1) is 31.5. The highest BCUT2D eigenvalue weighted by Crippen LogP contribution is 2.12. The maximum atomic E-state index is 14.0. The smallest absolute Gasteiger partial charge is 0.326 e. The Morgan fingerprint density at radius 1 is 0.493 bits per heavy atom. The van der Waals surface area contributed by atoms with Gasteiger partial charge in [0.1, 0.15) is 42.3 Å². The molecule has 22 nitrogen and oxygen atoms in total. The molecule has 0 spiro atoms. The summed E-state index contributed by atoms with van der Waals surface area (Å²) in [5, 5.41) is 55.3. The minimum Gasteiger partial charge on any atom is -0.481 e. The molecule has 2 rings (SSSR count). The van der Waals surface area contributed by atoms with E-state index < -0.39 is 133 Å². The zero-order valence-electron chi connectivity index (χ0n) is 38.2. The normalized spacial score (nSPS) is 14.6. The summed E-state index contributed by atoms with van der Waals surface area (Å²) in [6.07, 6.45) is -1.79. The van der Waals surface area contributed by atoms with Crippen molar-refractivity contribution in [2.45, 2.75) is 128 Å². The van der Waals surface area contributed by atoms with E-state index in [0.29, 0.717) is 11.1 Å². The third kappa shape index (κ3) is 20.4. The van der Waals surface area contributed by atoms with Crippen LogP contribution in [-0.4, -0.2) is 135 Å². The fraction of sp³-hybridized carbons (Fsp3) is 0.511. The third-order valence-electron chi connectivity index (χ3n) is 10.3. The molecule has 0 saturated carbocycles. The van der Waals surface area contributed by atoms with Crippen molar-refractivity contribution in [2.24, 2.45) is 17.6 Å².